The van der Waals surface area contributed by atoms with Gasteiger partial charge in [0.1, 0.15) is 12.4 Å². The summed E-state index contributed by atoms with van der Waals surface area (Å²) in [7, 11) is 5.36. The summed E-state index contributed by atoms with van der Waals surface area (Å²) in [6, 6.07) is 3.72. The number of aryl methyl sites for hydroxylation is 2. The zero-order valence-corrected chi connectivity index (χ0v) is 15.4. The number of hydrogen-bond donors (Lipinski definition) is 1. The molecule has 1 aromatic carbocycles. The van der Waals surface area contributed by atoms with E-state index < -0.39 is 17.3 Å². The van der Waals surface area contributed by atoms with E-state index in [0.717, 1.165) is 16.7 Å². The topological polar surface area (TPSA) is 87.9 Å². The first kappa shape index (κ1) is 21.2. The molecule has 7 heteroatoms. The van der Waals surface area contributed by atoms with Gasteiger partial charge >= 0.3 is 6.16 Å². The van der Waals surface area contributed by atoms with Gasteiger partial charge in [-0.2, -0.15) is 0 Å². The van der Waals surface area contributed by atoms with Crippen molar-refractivity contribution in [2.45, 2.75) is 39.5 Å². The van der Waals surface area contributed by atoms with Crippen LogP contribution in [-0.4, -0.2) is 46.0 Å². The lowest BCUT2D eigenvalue weighted by Crippen LogP contribution is -2.25. The molecule has 6 nitrogen and oxygen atoms in total. The van der Waals surface area contributed by atoms with Crippen molar-refractivity contribution in [3.63, 3.8) is 0 Å². The van der Waals surface area contributed by atoms with Crippen LogP contribution in [0.15, 0.2) is 12.1 Å². The highest BCUT2D eigenvalue weighted by atomic mass is 16.7. The molecule has 0 aliphatic heterocycles. The molecule has 0 atom stereocenters. The van der Waals surface area contributed by atoms with Crippen LogP contribution in [0.1, 0.15) is 37.0 Å². The molecule has 2 radical (unpaired) electrons. The highest BCUT2D eigenvalue weighted by Gasteiger charge is 2.29. The number of carbonyl (C=O) groups excluding carboxylic acids is 2. The Morgan fingerprint density at radius 1 is 1.16 bits per heavy atom. The number of hydrogen-bond acceptors (Lipinski definition) is 6. The van der Waals surface area contributed by atoms with Crippen molar-refractivity contribution in [2.24, 2.45) is 5.73 Å². The van der Waals surface area contributed by atoms with E-state index in [1.54, 1.807) is 6.07 Å². The molecule has 0 aromatic heterocycles. The lowest BCUT2D eigenvalue weighted by atomic mass is 9.74. The van der Waals surface area contributed by atoms with E-state index in [0.29, 0.717) is 18.9 Å². The minimum atomic E-state index is -0.822. The molecule has 0 aliphatic carbocycles. The molecular formula is C18H26BNO5. The first-order valence-corrected chi connectivity index (χ1v) is 8.20. The largest absolute Gasteiger partial charge is 0.513 e. The summed E-state index contributed by atoms with van der Waals surface area (Å²) < 4.78 is 15.5. The molecule has 1 aromatic rings. The molecule has 0 heterocycles. The maximum atomic E-state index is 12.0. The summed E-state index contributed by atoms with van der Waals surface area (Å²) in [6.45, 7) is 8.71. The quantitative estimate of drug-likeness (QED) is 0.319. The van der Waals surface area contributed by atoms with E-state index in [9.17, 15) is 9.59 Å². The average molecular weight is 347 g/mol. The highest BCUT2D eigenvalue weighted by molar-refractivity contribution is 6.57. The Bertz CT molecular complexity index is 616. The maximum absolute atomic E-state index is 12.0. The van der Waals surface area contributed by atoms with Gasteiger partial charge in [0.25, 0.3) is 0 Å². The van der Waals surface area contributed by atoms with Gasteiger partial charge in [-0.05, 0) is 36.5 Å². The van der Waals surface area contributed by atoms with Gasteiger partial charge in [-0.3, -0.25) is 0 Å². The van der Waals surface area contributed by atoms with Gasteiger partial charge in [0, 0.05) is 18.5 Å². The second kappa shape index (κ2) is 9.58. The van der Waals surface area contributed by atoms with Gasteiger partial charge in [-0.1, -0.05) is 19.9 Å². The van der Waals surface area contributed by atoms with Gasteiger partial charge in [0.2, 0.25) is 0 Å². The number of benzene rings is 1. The Kier molecular flexibility index (Phi) is 8.12. The molecule has 0 unspecified atom stereocenters. The van der Waals surface area contributed by atoms with Crippen LogP contribution in [0.25, 0.3) is 0 Å². The Morgan fingerprint density at radius 2 is 1.84 bits per heavy atom. The summed E-state index contributed by atoms with van der Waals surface area (Å²) in [5.74, 6) is 0.372. The molecule has 0 bridgehead atoms. The molecular weight excluding hydrogens is 321 g/mol. The van der Waals surface area contributed by atoms with Crippen molar-refractivity contribution in [3.8, 4) is 5.75 Å². The molecule has 0 spiro atoms. The van der Waals surface area contributed by atoms with Gasteiger partial charge < -0.3 is 24.7 Å². The number of nitrogens with two attached hydrogens (primary N) is 1. The number of carbonyl (C=O) groups is 2. The molecule has 0 fully saturated rings. The van der Waals surface area contributed by atoms with Crippen molar-refractivity contribution in [1.82, 2.24) is 0 Å². The normalized spacial score (nSPS) is 11.2. The van der Waals surface area contributed by atoms with Crippen molar-refractivity contribution in [2.75, 3.05) is 26.4 Å². The average Bonchev–Trinajstić information content (AvgIpc) is 2.44. The van der Waals surface area contributed by atoms with E-state index in [-0.39, 0.29) is 19.6 Å². The molecule has 0 saturated carbocycles. The summed E-state index contributed by atoms with van der Waals surface area (Å²) in [6.07, 6.45) is -0.688. The van der Waals surface area contributed by atoms with Crippen LogP contribution in [0.2, 0.25) is 0 Å². The fourth-order valence-electron chi connectivity index (χ4n) is 2.89. The van der Waals surface area contributed by atoms with E-state index in [4.69, 9.17) is 27.8 Å². The number of ether oxygens (including phenoxy) is 3. The maximum Gasteiger partial charge on any atom is 0.513 e. The second-order valence-corrected chi connectivity index (χ2v) is 6.58. The summed E-state index contributed by atoms with van der Waals surface area (Å²) in [4.78, 5) is 23.3. The fraction of sp³-hybridized carbons (Fsp3) is 0.556. The van der Waals surface area contributed by atoms with E-state index in [2.05, 4.69) is 0 Å². The van der Waals surface area contributed by atoms with Crippen molar-refractivity contribution < 1.29 is 23.8 Å². The second-order valence-electron chi connectivity index (χ2n) is 6.58. The Hall–Kier alpha value is -1.86. The molecule has 0 saturated heterocycles. The van der Waals surface area contributed by atoms with Crippen molar-refractivity contribution in [3.05, 3.63) is 28.8 Å². The standard InChI is InChI=1S/C18H26BNO5/c1-12-9-13(2)16(18(3,4)11-15(19)21)14(10-12)25-17(22)24-8-7-23-6-5-20/h9-10H,5-8,11,20H2,1-4H3. The fourth-order valence-corrected chi connectivity index (χ4v) is 2.89. The Morgan fingerprint density at radius 3 is 2.44 bits per heavy atom. The molecule has 2 N–H and O–H groups in total. The Balaban J connectivity index is 2.91. The summed E-state index contributed by atoms with van der Waals surface area (Å²) >= 11 is 0. The zero-order chi connectivity index (χ0) is 19.0. The third kappa shape index (κ3) is 6.88. The van der Waals surface area contributed by atoms with Crippen LogP contribution in [0.4, 0.5) is 4.79 Å². The van der Waals surface area contributed by atoms with Crippen LogP contribution in [-0.2, 0) is 19.7 Å². The van der Waals surface area contributed by atoms with Crippen LogP contribution in [0.5, 0.6) is 5.75 Å². The first-order valence-electron chi connectivity index (χ1n) is 8.20. The van der Waals surface area contributed by atoms with Crippen LogP contribution >= 0.6 is 0 Å². The van der Waals surface area contributed by atoms with Gasteiger partial charge in [-0.15, -0.1) is 0 Å². The Labute approximate surface area is 150 Å². The summed E-state index contributed by atoms with van der Waals surface area (Å²) in [5, 5.41) is 0. The number of rotatable bonds is 9. The molecule has 25 heavy (non-hydrogen) atoms. The first-order chi connectivity index (χ1) is 11.7. The third-order valence-electron chi connectivity index (χ3n) is 3.64. The van der Waals surface area contributed by atoms with E-state index >= 15 is 0 Å². The van der Waals surface area contributed by atoms with Crippen LogP contribution in [0.3, 0.4) is 0 Å². The smallest absolute Gasteiger partial charge is 0.432 e. The van der Waals surface area contributed by atoms with Crippen molar-refractivity contribution >= 4 is 19.7 Å². The minimum Gasteiger partial charge on any atom is -0.432 e. The van der Waals surface area contributed by atoms with Gasteiger partial charge in [-0.25, -0.2) is 4.79 Å². The molecule has 0 aliphatic rings. The lowest BCUT2D eigenvalue weighted by Gasteiger charge is -2.28. The third-order valence-corrected chi connectivity index (χ3v) is 3.64. The summed E-state index contributed by atoms with van der Waals surface area (Å²) in [5.41, 5.74) is 6.91. The minimum absolute atomic E-state index is 0.0731. The predicted octanol–water partition coefficient (Wildman–Crippen LogP) is 2.16. The zero-order valence-electron chi connectivity index (χ0n) is 15.4. The van der Waals surface area contributed by atoms with Gasteiger partial charge in [0.15, 0.2) is 7.85 Å². The highest BCUT2D eigenvalue weighted by Crippen LogP contribution is 2.38. The predicted molar refractivity (Wildman–Crippen MR) is 96.2 cm³/mol. The van der Waals surface area contributed by atoms with Gasteiger partial charge in [0.05, 0.1) is 18.9 Å². The van der Waals surface area contributed by atoms with Crippen LogP contribution in [0, 0.1) is 13.8 Å². The van der Waals surface area contributed by atoms with E-state index in [1.165, 1.54) is 0 Å². The molecule has 136 valence electrons. The van der Waals surface area contributed by atoms with E-state index in [1.807, 2.05) is 33.8 Å². The molecule has 0 amide bonds. The SMILES string of the molecule is [B]C(=O)CC(C)(C)c1c(C)cc(C)cc1OC(=O)OCCOCCN. The van der Waals surface area contributed by atoms with Crippen LogP contribution < -0.4 is 10.5 Å². The molecule has 1 rings (SSSR count). The van der Waals surface area contributed by atoms with Crippen molar-refractivity contribution in [1.29, 1.82) is 0 Å². The monoisotopic (exact) mass is 347 g/mol. The lowest BCUT2D eigenvalue weighted by molar-refractivity contribution is -0.112.